The third kappa shape index (κ3) is 4.04. The van der Waals surface area contributed by atoms with Crippen LogP contribution in [0.1, 0.15) is 53.5 Å². The second-order valence-electron chi connectivity index (χ2n) is 7.81. The van der Waals surface area contributed by atoms with Crippen molar-refractivity contribution in [1.29, 1.82) is 0 Å². The molecule has 4 aromatic rings. The van der Waals surface area contributed by atoms with E-state index in [1.807, 2.05) is 24.3 Å². The van der Waals surface area contributed by atoms with Crippen molar-refractivity contribution in [2.24, 2.45) is 0 Å². The van der Waals surface area contributed by atoms with Crippen molar-refractivity contribution in [2.75, 3.05) is 0 Å². The normalized spacial score (nSPS) is 18.7. The highest BCUT2D eigenvalue weighted by Gasteiger charge is 2.25. The Kier molecular flexibility index (Phi) is 5.18. The summed E-state index contributed by atoms with van der Waals surface area (Å²) < 4.78 is 6.01. The molecule has 7 nitrogen and oxygen atoms in total. The molecule has 5 rings (SSSR count). The minimum absolute atomic E-state index is 0.177. The number of nitrogens with zero attached hydrogens (tertiary/aromatic N) is 3. The van der Waals surface area contributed by atoms with Crippen LogP contribution in [-0.2, 0) is 0 Å². The van der Waals surface area contributed by atoms with Crippen molar-refractivity contribution in [3.63, 3.8) is 0 Å². The fourth-order valence-corrected chi connectivity index (χ4v) is 4.03. The number of carbonyl (C=O) groups is 1. The Morgan fingerprint density at radius 2 is 1.71 bits per heavy atom. The molecule has 1 fully saturated rings. The average Bonchev–Trinajstić information content (AvgIpc) is 3.25. The molecule has 0 saturated heterocycles. The SMILES string of the molecule is O=C(c1ccc(Oc2nccnc2[C@H]2CC[C@@H](O)CC2)cc1)c1nc2ccccc2[nH]1. The third-order valence-electron chi connectivity index (χ3n) is 5.71. The van der Waals surface area contributed by atoms with Gasteiger partial charge in [0.05, 0.1) is 17.1 Å². The number of aromatic nitrogens is 4. The van der Waals surface area contributed by atoms with Gasteiger partial charge >= 0.3 is 0 Å². The van der Waals surface area contributed by atoms with Gasteiger partial charge in [0.1, 0.15) is 11.4 Å². The van der Waals surface area contributed by atoms with Crippen LogP contribution in [0.2, 0.25) is 0 Å². The summed E-state index contributed by atoms with van der Waals surface area (Å²) in [4.78, 5) is 29.1. The predicted molar refractivity (Wildman–Crippen MR) is 115 cm³/mol. The molecule has 1 aliphatic carbocycles. The quantitative estimate of drug-likeness (QED) is 0.470. The summed E-state index contributed by atoms with van der Waals surface area (Å²) in [6.45, 7) is 0. The van der Waals surface area contributed by atoms with Crippen LogP contribution < -0.4 is 4.74 Å². The topological polar surface area (TPSA) is 101 Å². The van der Waals surface area contributed by atoms with Crippen LogP contribution in [0, 0.1) is 0 Å². The predicted octanol–water partition coefficient (Wildman–Crippen LogP) is 4.39. The van der Waals surface area contributed by atoms with Crippen molar-refractivity contribution < 1.29 is 14.6 Å². The van der Waals surface area contributed by atoms with Gasteiger partial charge in [0.2, 0.25) is 11.7 Å². The van der Waals surface area contributed by atoms with Crippen LogP contribution in [0.4, 0.5) is 0 Å². The van der Waals surface area contributed by atoms with Gasteiger partial charge in [-0.25, -0.2) is 9.97 Å². The molecule has 0 atom stereocenters. The van der Waals surface area contributed by atoms with Gasteiger partial charge in [-0.15, -0.1) is 0 Å². The van der Waals surface area contributed by atoms with E-state index in [-0.39, 0.29) is 17.8 Å². The first-order valence-corrected chi connectivity index (χ1v) is 10.4. The number of hydrogen-bond donors (Lipinski definition) is 2. The molecule has 2 aromatic carbocycles. The van der Waals surface area contributed by atoms with Gasteiger partial charge in [0.25, 0.3) is 0 Å². The maximum absolute atomic E-state index is 12.8. The lowest BCUT2D eigenvalue weighted by Gasteiger charge is -2.25. The minimum atomic E-state index is -0.228. The lowest BCUT2D eigenvalue weighted by atomic mass is 9.85. The van der Waals surface area contributed by atoms with Crippen molar-refractivity contribution in [3.05, 3.63) is 78.0 Å². The standard InChI is InChI=1S/C24H22N4O3/c29-17-9-5-15(6-10-17)21-24(26-14-13-25-21)31-18-11-7-16(8-12-18)22(30)23-27-19-3-1-2-4-20(19)28-23/h1-4,7-8,11-15,17,29H,5-6,9-10H2,(H,27,28)/t15-,17+. The van der Waals surface area contributed by atoms with E-state index < -0.39 is 0 Å². The number of H-pyrrole nitrogens is 1. The summed E-state index contributed by atoms with van der Waals surface area (Å²) in [5.74, 6) is 1.41. The van der Waals surface area contributed by atoms with Crippen LogP contribution in [0.5, 0.6) is 11.6 Å². The van der Waals surface area contributed by atoms with E-state index in [1.54, 1.807) is 36.7 Å². The van der Waals surface area contributed by atoms with E-state index in [0.717, 1.165) is 42.4 Å². The molecule has 0 spiro atoms. The molecule has 0 radical (unpaired) electrons. The summed E-state index contributed by atoms with van der Waals surface area (Å²) in [5, 5.41) is 9.77. The van der Waals surface area contributed by atoms with E-state index in [0.29, 0.717) is 23.0 Å². The number of rotatable bonds is 5. The van der Waals surface area contributed by atoms with Gasteiger partial charge in [-0.2, -0.15) is 0 Å². The van der Waals surface area contributed by atoms with Gasteiger partial charge < -0.3 is 14.8 Å². The number of aliphatic hydroxyl groups excluding tert-OH is 1. The number of ketones is 1. The molecule has 2 heterocycles. The second kappa shape index (κ2) is 8.28. The van der Waals surface area contributed by atoms with E-state index in [1.165, 1.54) is 0 Å². The molecule has 0 amide bonds. The van der Waals surface area contributed by atoms with Crippen molar-refractivity contribution in [3.8, 4) is 11.6 Å². The van der Waals surface area contributed by atoms with Crippen molar-refractivity contribution in [2.45, 2.75) is 37.7 Å². The first kappa shape index (κ1) is 19.4. The van der Waals surface area contributed by atoms with Crippen LogP contribution in [0.3, 0.4) is 0 Å². The van der Waals surface area contributed by atoms with Crippen LogP contribution in [0.15, 0.2) is 60.9 Å². The Hall–Kier alpha value is -3.58. The van der Waals surface area contributed by atoms with Gasteiger partial charge in [0.15, 0.2) is 5.82 Å². The molecular weight excluding hydrogens is 392 g/mol. The number of carbonyl (C=O) groups excluding carboxylic acids is 1. The molecule has 156 valence electrons. The fraction of sp³-hybridized carbons (Fsp3) is 0.250. The molecule has 1 aliphatic rings. The maximum atomic E-state index is 12.8. The monoisotopic (exact) mass is 414 g/mol. The molecule has 0 unspecified atom stereocenters. The number of aromatic amines is 1. The van der Waals surface area contributed by atoms with E-state index in [9.17, 15) is 9.90 Å². The highest BCUT2D eigenvalue weighted by molar-refractivity contribution is 6.08. The number of aliphatic hydroxyl groups is 1. The average molecular weight is 414 g/mol. The number of benzene rings is 2. The van der Waals surface area contributed by atoms with Gasteiger partial charge in [-0.3, -0.25) is 9.78 Å². The van der Waals surface area contributed by atoms with Gasteiger partial charge in [-0.05, 0) is 62.1 Å². The van der Waals surface area contributed by atoms with E-state index in [4.69, 9.17) is 4.74 Å². The Morgan fingerprint density at radius 1 is 0.968 bits per heavy atom. The number of nitrogens with one attached hydrogen (secondary N) is 1. The first-order valence-electron chi connectivity index (χ1n) is 10.4. The molecule has 2 aromatic heterocycles. The number of para-hydroxylation sites is 2. The molecule has 0 aliphatic heterocycles. The largest absolute Gasteiger partial charge is 0.437 e. The summed E-state index contributed by atoms with van der Waals surface area (Å²) in [7, 11) is 0. The highest BCUT2D eigenvalue weighted by Crippen LogP contribution is 2.36. The number of ether oxygens (including phenoxy) is 1. The van der Waals surface area contributed by atoms with Gasteiger partial charge in [-0.1, -0.05) is 12.1 Å². The molecule has 7 heteroatoms. The Morgan fingerprint density at radius 3 is 2.48 bits per heavy atom. The Balaban J connectivity index is 1.33. The Bertz CT molecular complexity index is 1180. The highest BCUT2D eigenvalue weighted by atomic mass is 16.5. The summed E-state index contributed by atoms with van der Waals surface area (Å²) in [6.07, 6.45) is 6.30. The van der Waals surface area contributed by atoms with Crippen LogP contribution >= 0.6 is 0 Å². The first-order chi connectivity index (χ1) is 15.2. The molecule has 1 saturated carbocycles. The maximum Gasteiger partial charge on any atom is 0.241 e. The van der Waals surface area contributed by atoms with E-state index in [2.05, 4.69) is 19.9 Å². The summed E-state index contributed by atoms with van der Waals surface area (Å²) in [5.41, 5.74) is 2.93. The smallest absolute Gasteiger partial charge is 0.241 e. The lowest BCUT2D eigenvalue weighted by Crippen LogP contribution is -2.18. The summed E-state index contributed by atoms with van der Waals surface area (Å²) in [6, 6.07) is 14.5. The van der Waals surface area contributed by atoms with Crippen molar-refractivity contribution in [1.82, 2.24) is 19.9 Å². The van der Waals surface area contributed by atoms with Crippen molar-refractivity contribution >= 4 is 16.8 Å². The fourth-order valence-electron chi connectivity index (χ4n) is 4.03. The zero-order valence-electron chi connectivity index (χ0n) is 16.9. The molecular formula is C24H22N4O3. The number of hydrogen-bond acceptors (Lipinski definition) is 6. The third-order valence-corrected chi connectivity index (χ3v) is 5.71. The van der Waals surface area contributed by atoms with Crippen LogP contribution in [-0.4, -0.2) is 36.9 Å². The second-order valence-corrected chi connectivity index (χ2v) is 7.81. The molecule has 2 N–H and O–H groups in total. The lowest BCUT2D eigenvalue weighted by molar-refractivity contribution is 0.103. The zero-order chi connectivity index (χ0) is 21.2. The minimum Gasteiger partial charge on any atom is -0.437 e. The number of imidazole rings is 1. The number of fused-ring (bicyclic) bond motifs is 1. The molecule has 31 heavy (non-hydrogen) atoms. The van der Waals surface area contributed by atoms with E-state index >= 15 is 0 Å². The van der Waals surface area contributed by atoms with Gasteiger partial charge in [0, 0.05) is 23.9 Å². The van der Waals surface area contributed by atoms with Crippen LogP contribution in [0.25, 0.3) is 11.0 Å². The Labute approximate surface area is 179 Å². The summed E-state index contributed by atoms with van der Waals surface area (Å²) >= 11 is 0. The zero-order valence-corrected chi connectivity index (χ0v) is 16.9. The molecule has 0 bridgehead atoms.